The minimum Gasteiger partial charge on any atom is -0.379 e. The van der Waals surface area contributed by atoms with Gasteiger partial charge in [0.2, 0.25) is 0 Å². The van der Waals surface area contributed by atoms with Crippen molar-refractivity contribution in [3.63, 3.8) is 0 Å². The lowest BCUT2D eigenvalue weighted by Crippen LogP contribution is -2.43. The Labute approximate surface area is 200 Å². The van der Waals surface area contributed by atoms with E-state index in [1.807, 2.05) is 49.4 Å². The fourth-order valence-corrected chi connectivity index (χ4v) is 5.01. The Morgan fingerprint density at radius 3 is 2.26 bits per heavy atom. The zero-order valence-electron chi connectivity index (χ0n) is 19.1. The van der Waals surface area contributed by atoms with Gasteiger partial charge in [-0.25, -0.2) is 8.42 Å². The number of hydrogen-bond donors (Lipinski definition) is 2. The predicted molar refractivity (Wildman–Crippen MR) is 132 cm³/mol. The molecule has 8 heteroatoms. The lowest BCUT2D eigenvalue weighted by atomic mass is 10.1. The monoisotopic (exact) mass is 479 g/mol. The summed E-state index contributed by atoms with van der Waals surface area (Å²) in [5.41, 5.74) is 2.77. The molecule has 1 atom stereocenters. The molecule has 1 fully saturated rings. The highest BCUT2D eigenvalue weighted by Crippen LogP contribution is 2.21. The molecular formula is C26H29N3O4S. The number of carbonyl (C=O) groups is 1. The molecule has 0 aliphatic carbocycles. The number of amides is 1. The Morgan fingerprint density at radius 2 is 1.59 bits per heavy atom. The van der Waals surface area contributed by atoms with Gasteiger partial charge >= 0.3 is 0 Å². The summed E-state index contributed by atoms with van der Waals surface area (Å²) in [6, 6.07) is 22.8. The van der Waals surface area contributed by atoms with Crippen LogP contribution in [0.3, 0.4) is 0 Å². The van der Waals surface area contributed by atoms with Crippen LogP contribution in [0.4, 0.5) is 5.69 Å². The molecule has 0 saturated carbocycles. The third kappa shape index (κ3) is 6.02. The molecule has 1 saturated heterocycles. The van der Waals surface area contributed by atoms with Gasteiger partial charge < -0.3 is 10.1 Å². The smallest absolute Gasteiger partial charge is 0.261 e. The third-order valence-electron chi connectivity index (χ3n) is 5.87. The van der Waals surface area contributed by atoms with Gasteiger partial charge in [-0.1, -0.05) is 48.5 Å². The van der Waals surface area contributed by atoms with Gasteiger partial charge in [-0.2, -0.15) is 0 Å². The standard InChI is InChI=1S/C26H29N3O4S/c1-20-7-5-6-10-24(20)28-34(31,32)23-13-11-22(12-14-23)26(30)27-25(21-8-3-2-4-9-21)19-29-15-17-33-18-16-29/h2-14,25,28H,15-19H2,1H3,(H,27,30). The zero-order valence-corrected chi connectivity index (χ0v) is 19.9. The molecule has 1 amide bonds. The number of nitrogens with one attached hydrogen (secondary N) is 2. The SMILES string of the molecule is Cc1ccccc1NS(=O)(=O)c1ccc(C(=O)NC(CN2CCOCC2)c2ccccc2)cc1. The van der Waals surface area contributed by atoms with Crippen molar-refractivity contribution in [3.8, 4) is 0 Å². The maximum atomic E-state index is 13.0. The van der Waals surface area contributed by atoms with E-state index < -0.39 is 10.0 Å². The fraction of sp³-hybridized carbons (Fsp3) is 0.269. The number of anilines is 1. The average molecular weight is 480 g/mol. The van der Waals surface area contributed by atoms with E-state index >= 15 is 0 Å². The fourth-order valence-electron chi connectivity index (χ4n) is 3.88. The number of para-hydroxylation sites is 1. The number of sulfonamides is 1. The number of hydrogen-bond acceptors (Lipinski definition) is 5. The van der Waals surface area contributed by atoms with Gasteiger partial charge in [-0.3, -0.25) is 14.4 Å². The molecule has 7 nitrogen and oxygen atoms in total. The van der Waals surface area contributed by atoms with E-state index in [4.69, 9.17) is 4.74 Å². The second-order valence-electron chi connectivity index (χ2n) is 8.29. The minimum atomic E-state index is -3.76. The molecule has 0 aromatic heterocycles. The van der Waals surface area contributed by atoms with Crippen molar-refractivity contribution in [2.45, 2.75) is 17.9 Å². The molecule has 0 spiro atoms. The number of rotatable bonds is 8. The van der Waals surface area contributed by atoms with Gasteiger partial charge in [0.1, 0.15) is 0 Å². The highest BCUT2D eigenvalue weighted by molar-refractivity contribution is 7.92. The van der Waals surface area contributed by atoms with Crippen LogP contribution < -0.4 is 10.0 Å². The molecule has 2 N–H and O–H groups in total. The number of benzene rings is 3. The van der Waals surface area contributed by atoms with Gasteiger partial charge in [0, 0.05) is 25.2 Å². The molecule has 34 heavy (non-hydrogen) atoms. The molecule has 3 aromatic carbocycles. The van der Waals surface area contributed by atoms with Gasteiger partial charge in [0.25, 0.3) is 15.9 Å². The molecule has 4 rings (SSSR count). The summed E-state index contributed by atoms with van der Waals surface area (Å²) in [6.45, 7) is 5.51. The molecule has 0 radical (unpaired) electrons. The zero-order chi connectivity index (χ0) is 24.0. The summed E-state index contributed by atoms with van der Waals surface area (Å²) in [4.78, 5) is 15.4. The van der Waals surface area contributed by atoms with Crippen molar-refractivity contribution in [1.29, 1.82) is 0 Å². The molecule has 1 heterocycles. The summed E-state index contributed by atoms with van der Waals surface area (Å²) < 4.78 is 33.6. The van der Waals surface area contributed by atoms with Crippen molar-refractivity contribution in [1.82, 2.24) is 10.2 Å². The molecule has 3 aromatic rings. The number of carbonyl (C=O) groups excluding carboxylic acids is 1. The first-order chi connectivity index (χ1) is 16.4. The van der Waals surface area contributed by atoms with Crippen molar-refractivity contribution in [3.05, 3.63) is 95.6 Å². The molecule has 1 unspecified atom stereocenters. The Morgan fingerprint density at radius 1 is 0.941 bits per heavy atom. The Hall–Kier alpha value is -3.20. The number of morpholine rings is 1. The quantitative estimate of drug-likeness (QED) is 0.516. The highest BCUT2D eigenvalue weighted by Gasteiger charge is 2.21. The maximum Gasteiger partial charge on any atom is 0.261 e. The third-order valence-corrected chi connectivity index (χ3v) is 7.25. The summed E-state index contributed by atoms with van der Waals surface area (Å²) in [6.07, 6.45) is 0. The van der Waals surface area contributed by atoms with Crippen LogP contribution in [0, 0.1) is 6.92 Å². The Bertz CT molecular complexity index is 1210. The van der Waals surface area contributed by atoms with E-state index in [9.17, 15) is 13.2 Å². The number of ether oxygens (including phenoxy) is 1. The van der Waals surface area contributed by atoms with Crippen LogP contribution in [0.25, 0.3) is 0 Å². The van der Waals surface area contributed by atoms with E-state index in [1.165, 1.54) is 12.1 Å². The first-order valence-electron chi connectivity index (χ1n) is 11.3. The van der Waals surface area contributed by atoms with Gasteiger partial charge in [0.15, 0.2) is 0 Å². The Kier molecular flexibility index (Phi) is 7.62. The summed E-state index contributed by atoms with van der Waals surface area (Å²) >= 11 is 0. The van der Waals surface area contributed by atoms with Crippen molar-refractivity contribution in [2.24, 2.45) is 0 Å². The van der Waals surface area contributed by atoms with Crippen LogP contribution >= 0.6 is 0 Å². The van der Waals surface area contributed by atoms with Crippen LogP contribution in [0.2, 0.25) is 0 Å². The van der Waals surface area contributed by atoms with Gasteiger partial charge in [-0.05, 0) is 48.4 Å². The molecule has 1 aliphatic rings. The molecular weight excluding hydrogens is 450 g/mol. The van der Waals surface area contributed by atoms with E-state index in [0.29, 0.717) is 31.0 Å². The number of nitrogens with zero attached hydrogens (tertiary/aromatic N) is 1. The second kappa shape index (κ2) is 10.8. The van der Waals surface area contributed by atoms with Crippen LogP contribution in [0.5, 0.6) is 0 Å². The lowest BCUT2D eigenvalue weighted by molar-refractivity contribution is 0.0332. The van der Waals surface area contributed by atoms with Crippen molar-refractivity contribution >= 4 is 21.6 Å². The normalized spacial score (nSPS) is 15.4. The van der Waals surface area contributed by atoms with Gasteiger partial charge in [0.05, 0.1) is 29.8 Å². The van der Waals surface area contributed by atoms with E-state index in [0.717, 1.165) is 24.2 Å². The average Bonchev–Trinajstić information content (AvgIpc) is 2.86. The van der Waals surface area contributed by atoms with Crippen LogP contribution in [0.1, 0.15) is 27.5 Å². The second-order valence-corrected chi connectivity index (χ2v) is 9.98. The van der Waals surface area contributed by atoms with Crippen LogP contribution in [-0.2, 0) is 14.8 Å². The van der Waals surface area contributed by atoms with Crippen LogP contribution in [-0.4, -0.2) is 52.1 Å². The minimum absolute atomic E-state index is 0.0974. The van der Waals surface area contributed by atoms with Gasteiger partial charge in [-0.15, -0.1) is 0 Å². The first kappa shape index (κ1) is 23.9. The first-order valence-corrected chi connectivity index (χ1v) is 12.7. The lowest BCUT2D eigenvalue weighted by Gasteiger charge is -2.31. The highest BCUT2D eigenvalue weighted by atomic mass is 32.2. The van der Waals surface area contributed by atoms with E-state index in [1.54, 1.807) is 24.3 Å². The van der Waals surface area contributed by atoms with E-state index in [-0.39, 0.29) is 16.8 Å². The summed E-state index contributed by atoms with van der Waals surface area (Å²) in [5.74, 6) is -0.252. The molecule has 178 valence electrons. The topological polar surface area (TPSA) is 87.7 Å². The molecule has 0 bridgehead atoms. The van der Waals surface area contributed by atoms with E-state index in [2.05, 4.69) is 14.9 Å². The summed E-state index contributed by atoms with van der Waals surface area (Å²) in [7, 11) is -3.76. The van der Waals surface area contributed by atoms with Crippen molar-refractivity contribution < 1.29 is 17.9 Å². The Balaban J connectivity index is 1.47. The summed E-state index contributed by atoms with van der Waals surface area (Å²) in [5, 5.41) is 3.12. The number of aryl methyl sites for hydroxylation is 1. The predicted octanol–water partition coefficient (Wildman–Crippen LogP) is 3.60. The molecule has 1 aliphatic heterocycles. The maximum absolute atomic E-state index is 13.0. The largest absolute Gasteiger partial charge is 0.379 e. The van der Waals surface area contributed by atoms with Crippen LogP contribution in [0.15, 0.2) is 83.8 Å². The van der Waals surface area contributed by atoms with Crippen molar-refractivity contribution in [2.75, 3.05) is 37.6 Å².